The highest BCUT2D eigenvalue weighted by Crippen LogP contribution is 2.14. The van der Waals surface area contributed by atoms with E-state index in [2.05, 4.69) is 4.72 Å². The van der Waals surface area contributed by atoms with E-state index in [4.69, 9.17) is 9.84 Å². The quantitative estimate of drug-likeness (QED) is 0.742. The maximum atomic E-state index is 12.0. The fraction of sp³-hybridized carbons (Fsp3) is 0.500. The second kappa shape index (κ2) is 7.44. The molecule has 0 fully saturated rings. The lowest BCUT2D eigenvalue weighted by Crippen LogP contribution is -2.33. The van der Waals surface area contributed by atoms with E-state index in [1.54, 1.807) is 25.3 Å². The van der Waals surface area contributed by atoms with E-state index in [0.717, 1.165) is 5.56 Å². The molecule has 0 saturated heterocycles. The number of methoxy groups -OCH3 is 1. The first-order valence-electron chi connectivity index (χ1n) is 5.92. The first kappa shape index (κ1) is 15.9. The Bertz CT molecular complexity index is 490. The molecule has 0 aliphatic rings. The minimum Gasteiger partial charge on any atom is -0.396 e. The molecule has 0 aliphatic heterocycles. The molecular formula is C12H20N2O4S. The van der Waals surface area contributed by atoms with Crippen LogP contribution in [0.5, 0.6) is 0 Å². The zero-order valence-electron chi connectivity index (χ0n) is 11.2. The molecule has 19 heavy (non-hydrogen) atoms. The summed E-state index contributed by atoms with van der Waals surface area (Å²) < 4.78 is 32.6. The van der Waals surface area contributed by atoms with Crippen LogP contribution in [0.3, 0.4) is 0 Å². The predicted octanol–water partition coefficient (Wildman–Crippen LogP) is 0.804. The molecule has 108 valence electrons. The first-order chi connectivity index (χ1) is 8.99. The summed E-state index contributed by atoms with van der Waals surface area (Å²) in [7, 11) is -0.534. The van der Waals surface area contributed by atoms with Crippen molar-refractivity contribution in [1.29, 1.82) is 0 Å². The Morgan fingerprint density at radius 1 is 1.42 bits per heavy atom. The third-order valence-corrected chi connectivity index (χ3v) is 4.02. The Labute approximate surface area is 114 Å². The van der Waals surface area contributed by atoms with Crippen molar-refractivity contribution in [1.82, 2.24) is 4.31 Å². The standard InChI is InChI=1S/C12H20N2O4S/c1-14(7-4-8-15)19(16,17)13-12-6-3-5-11(9-12)10-18-2/h3,5-6,9,13,15H,4,7-8,10H2,1-2H3. The zero-order chi connectivity index (χ0) is 14.3. The molecule has 6 nitrogen and oxygen atoms in total. The number of nitrogens with zero attached hydrogens (tertiary/aromatic N) is 1. The zero-order valence-corrected chi connectivity index (χ0v) is 12.0. The van der Waals surface area contributed by atoms with E-state index in [0.29, 0.717) is 18.7 Å². The first-order valence-corrected chi connectivity index (χ1v) is 7.36. The van der Waals surface area contributed by atoms with Gasteiger partial charge in [0.1, 0.15) is 0 Å². The van der Waals surface area contributed by atoms with Crippen LogP contribution >= 0.6 is 0 Å². The van der Waals surface area contributed by atoms with E-state index >= 15 is 0 Å². The van der Waals surface area contributed by atoms with Gasteiger partial charge >= 0.3 is 10.2 Å². The van der Waals surface area contributed by atoms with Gasteiger partial charge in [0.25, 0.3) is 0 Å². The number of hydrogen-bond donors (Lipinski definition) is 2. The number of aliphatic hydroxyl groups excluding tert-OH is 1. The van der Waals surface area contributed by atoms with Gasteiger partial charge in [-0.1, -0.05) is 12.1 Å². The Balaban J connectivity index is 2.74. The number of aliphatic hydroxyl groups is 1. The van der Waals surface area contributed by atoms with Crippen LogP contribution in [-0.2, 0) is 21.6 Å². The van der Waals surface area contributed by atoms with Gasteiger partial charge in [-0.25, -0.2) is 0 Å². The lowest BCUT2D eigenvalue weighted by molar-refractivity contribution is 0.185. The summed E-state index contributed by atoms with van der Waals surface area (Å²) in [6.45, 7) is 0.655. The Morgan fingerprint density at radius 2 is 2.16 bits per heavy atom. The van der Waals surface area contributed by atoms with E-state index in [1.165, 1.54) is 11.4 Å². The largest absolute Gasteiger partial charge is 0.396 e. The topological polar surface area (TPSA) is 78.9 Å². The Kier molecular flexibility index (Phi) is 6.23. The SMILES string of the molecule is COCc1cccc(NS(=O)(=O)N(C)CCCO)c1. The summed E-state index contributed by atoms with van der Waals surface area (Å²) in [5.74, 6) is 0. The number of nitrogens with one attached hydrogen (secondary N) is 1. The molecule has 0 atom stereocenters. The van der Waals surface area contributed by atoms with Gasteiger partial charge in [-0.05, 0) is 24.1 Å². The number of ether oxygens (including phenoxy) is 1. The molecule has 7 heteroatoms. The van der Waals surface area contributed by atoms with Gasteiger partial charge in [0, 0.05) is 27.3 Å². The molecular weight excluding hydrogens is 268 g/mol. The maximum absolute atomic E-state index is 12.0. The van der Waals surface area contributed by atoms with E-state index in [9.17, 15) is 8.42 Å². The molecule has 2 N–H and O–H groups in total. The molecule has 1 rings (SSSR count). The summed E-state index contributed by atoms with van der Waals surface area (Å²) in [5.41, 5.74) is 1.38. The molecule has 0 aromatic heterocycles. The number of hydrogen-bond acceptors (Lipinski definition) is 4. The number of anilines is 1. The summed E-state index contributed by atoms with van der Waals surface area (Å²) in [6, 6.07) is 7.02. The molecule has 0 spiro atoms. The Morgan fingerprint density at radius 3 is 2.79 bits per heavy atom. The van der Waals surface area contributed by atoms with E-state index < -0.39 is 10.2 Å². The van der Waals surface area contributed by atoms with Crippen LogP contribution in [-0.4, -0.2) is 45.1 Å². The minimum absolute atomic E-state index is 0.0385. The van der Waals surface area contributed by atoms with Crippen molar-refractivity contribution < 1.29 is 18.3 Å². The third-order valence-electron chi connectivity index (χ3n) is 2.53. The molecule has 0 amide bonds. The molecule has 1 aromatic rings. The van der Waals surface area contributed by atoms with Gasteiger partial charge in [0.15, 0.2) is 0 Å². The molecule has 0 aliphatic carbocycles. The summed E-state index contributed by atoms with van der Waals surface area (Å²) in [4.78, 5) is 0. The van der Waals surface area contributed by atoms with Crippen LogP contribution in [0.25, 0.3) is 0 Å². The van der Waals surface area contributed by atoms with Gasteiger partial charge < -0.3 is 9.84 Å². The van der Waals surface area contributed by atoms with Crippen LogP contribution in [0.4, 0.5) is 5.69 Å². The average Bonchev–Trinajstić information content (AvgIpc) is 2.36. The van der Waals surface area contributed by atoms with Crippen molar-refractivity contribution in [3.63, 3.8) is 0 Å². The van der Waals surface area contributed by atoms with Crippen LogP contribution in [0.2, 0.25) is 0 Å². The van der Waals surface area contributed by atoms with Crippen LogP contribution < -0.4 is 4.72 Å². The molecule has 0 heterocycles. The number of rotatable bonds is 8. The third kappa shape index (κ3) is 5.15. The highest BCUT2D eigenvalue weighted by Gasteiger charge is 2.16. The maximum Gasteiger partial charge on any atom is 0.301 e. The number of benzene rings is 1. The smallest absolute Gasteiger partial charge is 0.301 e. The lowest BCUT2D eigenvalue weighted by Gasteiger charge is -2.18. The predicted molar refractivity (Wildman–Crippen MR) is 74.0 cm³/mol. The van der Waals surface area contributed by atoms with Crippen LogP contribution in [0.1, 0.15) is 12.0 Å². The van der Waals surface area contributed by atoms with Crippen molar-refractivity contribution >= 4 is 15.9 Å². The fourth-order valence-corrected chi connectivity index (χ4v) is 2.48. The van der Waals surface area contributed by atoms with Crippen LogP contribution in [0.15, 0.2) is 24.3 Å². The van der Waals surface area contributed by atoms with E-state index in [1.807, 2.05) is 6.07 Å². The van der Waals surface area contributed by atoms with Crippen molar-refractivity contribution in [3.8, 4) is 0 Å². The highest BCUT2D eigenvalue weighted by molar-refractivity contribution is 7.90. The van der Waals surface area contributed by atoms with Gasteiger partial charge in [0.2, 0.25) is 0 Å². The van der Waals surface area contributed by atoms with Crippen molar-refractivity contribution in [2.75, 3.05) is 32.0 Å². The fourth-order valence-electron chi connectivity index (χ4n) is 1.53. The van der Waals surface area contributed by atoms with E-state index in [-0.39, 0.29) is 13.2 Å². The van der Waals surface area contributed by atoms with Crippen molar-refractivity contribution in [2.45, 2.75) is 13.0 Å². The minimum atomic E-state index is -3.59. The second-order valence-electron chi connectivity index (χ2n) is 4.14. The summed E-state index contributed by atoms with van der Waals surface area (Å²) >= 11 is 0. The molecule has 0 saturated carbocycles. The monoisotopic (exact) mass is 288 g/mol. The average molecular weight is 288 g/mol. The molecule has 1 aromatic carbocycles. The van der Waals surface area contributed by atoms with Gasteiger partial charge in [-0.2, -0.15) is 12.7 Å². The molecule has 0 radical (unpaired) electrons. The summed E-state index contributed by atoms with van der Waals surface area (Å²) in [5, 5.41) is 8.71. The Hall–Kier alpha value is -1.15. The highest BCUT2D eigenvalue weighted by atomic mass is 32.2. The van der Waals surface area contributed by atoms with Crippen molar-refractivity contribution in [3.05, 3.63) is 29.8 Å². The van der Waals surface area contributed by atoms with Gasteiger partial charge in [-0.3, -0.25) is 4.72 Å². The second-order valence-corrected chi connectivity index (χ2v) is 5.92. The molecule has 0 unspecified atom stereocenters. The van der Waals surface area contributed by atoms with Crippen LogP contribution in [0, 0.1) is 0 Å². The van der Waals surface area contributed by atoms with Gasteiger partial charge in [0.05, 0.1) is 12.3 Å². The van der Waals surface area contributed by atoms with Gasteiger partial charge in [-0.15, -0.1) is 0 Å². The molecule has 0 bridgehead atoms. The van der Waals surface area contributed by atoms with Crippen molar-refractivity contribution in [2.24, 2.45) is 0 Å². The lowest BCUT2D eigenvalue weighted by atomic mass is 10.2. The summed E-state index contributed by atoms with van der Waals surface area (Å²) in [6.07, 6.45) is 0.404. The normalized spacial score (nSPS) is 11.8.